The molecule has 0 bridgehead atoms. The maximum atomic E-state index is 13.1. The first-order chi connectivity index (χ1) is 18.2. The summed E-state index contributed by atoms with van der Waals surface area (Å²) in [6.07, 6.45) is -4.55. The van der Waals surface area contributed by atoms with Gasteiger partial charge in [0.2, 0.25) is 0 Å². The predicted octanol–water partition coefficient (Wildman–Crippen LogP) is 6.09. The molecular formula is C28H25F3N2O5. The molecule has 1 aliphatic rings. The zero-order valence-corrected chi connectivity index (χ0v) is 20.6. The molecule has 10 heteroatoms. The van der Waals surface area contributed by atoms with Crippen LogP contribution in [-0.2, 0) is 15.7 Å². The fourth-order valence-electron chi connectivity index (χ4n) is 3.93. The van der Waals surface area contributed by atoms with E-state index in [4.69, 9.17) is 14.2 Å². The molecule has 0 saturated heterocycles. The summed E-state index contributed by atoms with van der Waals surface area (Å²) in [6, 6.07) is 18.9. The molecule has 38 heavy (non-hydrogen) atoms. The molecule has 0 saturated carbocycles. The third kappa shape index (κ3) is 6.08. The number of nitrogens with zero attached hydrogens (tertiary/aromatic N) is 1. The lowest BCUT2D eigenvalue weighted by Crippen LogP contribution is -2.48. The Morgan fingerprint density at radius 2 is 1.63 bits per heavy atom. The van der Waals surface area contributed by atoms with E-state index in [2.05, 4.69) is 5.32 Å². The van der Waals surface area contributed by atoms with Crippen LogP contribution in [0.5, 0.6) is 17.2 Å². The number of hydrogen-bond acceptors (Lipinski definition) is 5. The van der Waals surface area contributed by atoms with Crippen LogP contribution >= 0.6 is 0 Å². The lowest BCUT2D eigenvalue weighted by Gasteiger charge is -2.34. The molecule has 4 rings (SSSR count). The summed E-state index contributed by atoms with van der Waals surface area (Å²) >= 11 is 0. The fraction of sp³-hybridized carbons (Fsp3) is 0.214. The monoisotopic (exact) mass is 526 g/mol. The van der Waals surface area contributed by atoms with Crippen molar-refractivity contribution in [2.24, 2.45) is 0 Å². The van der Waals surface area contributed by atoms with Crippen LogP contribution in [0.25, 0.3) is 0 Å². The first-order valence-corrected chi connectivity index (χ1v) is 11.7. The molecule has 0 spiro atoms. The van der Waals surface area contributed by atoms with Crippen molar-refractivity contribution >= 4 is 12.0 Å². The lowest BCUT2D eigenvalue weighted by molar-refractivity contribution is -0.139. The number of urea groups is 1. The van der Waals surface area contributed by atoms with Gasteiger partial charge in [0.05, 0.1) is 29.5 Å². The Morgan fingerprint density at radius 3 is 2.34 bits per heavy atom. The van der Waals surface area contributed by atoms with Crippen molar-refractivity contribution in [3.63, 3.8) is 0 Å². The maximum Gasteiger partial charge on any atom is 0.416 e. The number of esters is 1. The third-order valence-electron chi connectivity index (χ3n) is 5.78. The summed E-state index contributed by atoms with van der Waals surface area (Å²) in [5, 5.41) is 2.79. The van der Waals surface area contributed by atoms with E-state index in [-0.39, 0.29) is 30.2 Å². The quantitative estimate of drug-likeness (QED) is 0.360. The fourth-order valence-corrected chi connectivity index (χ4v) is 3.93. The number of likely N-dealkylation sites (N-methyl/N-ethyl adjacent to an activating group) is 1. The highest BCUT2D eigenvalue weighted by Gasteiger charge is 2.37. The smallest absolute Gasteiger partial charge is 0.416 e. The number of hydrogen-bond donors (Lipinski definition) is 1. The molecule has 7 nitrogen and oxygen atoms in total. The second kappa shape index (κ2) is 11.3. The van der Waals surface area contributed by atoms with Gasteiger partial charge in [-0.3, -0.25) is 4.90 Å². The Morgan fingerprint density at radius 1 is 0.947 bits per heavy atom. The van der Waals surface area contributed by atoms with E-state index in [0.29, 0.717) is 17.1 Å². The SMILES string of the molecule is CCOC(=O)C1=C(COc2cccc(C(F)(F)F)c2)N(C)C(=O)N[C@@H]1c1cccc(Oc2ccccc2)c1. The van der Waals surface area contributed by atoms with Gasteiger partial charge in [0.1, 0.15) is 23.9 Å². The summed E-state index contributed by atoms with van der Waals surface area (Å²) in [5.41, 5.74) is -0.0845. The van der Waals surface area contributed by atoms with Gasteiger partial charge in [0.25, 0.3) is 0 Å². The molecular weight excluding hydrogens is 501 g/mol. The van der Waals surface area contributed by atoms with Gasteiger partial charge in [0, 0.05) is 7.05 Å². The summed E-state index contributed by atoms with van der Waals surface area (Å²) in [7, 11) is 1.44. The molecule has 3 aromatic rings. The van der Waals surface area contributed by atoms with Crippen LogP contribution in [0.15, 0.2) is 90.1 Å². The van der Waals surface area contributed by atoms with E-state index < -0.39 is 29.8 Å². The summed E-state index contributed by atoms with van der Waals surface area (Å²) in [4.78, 5) is 27.2. The number of amides is 2. The third-order valence-corrected chi connectivity index (χ3v) is 5.78. The van der Waals surface area contributed by atoms with E-state index in [0.717, 1.165) is 12.1 Å². The number of halogens is 3. The van der Waals surface area contributed by atoms with Crippen LogP contribution in [0.1, 0.15) is 24.1 Å². The van der Waals surface area contributed by atoms with Gasteiger partial charge >= 0.3 is 18.2 Å². The molecule has 0 aliphatic carbocycles. The van der Waals surface area contributed by atoms with Crippen LogP contribution in [0.3, 0.4) is 0 Å². The van der Waals surface area contributed by atoms with Gasteiger partial charge in [-0.1, -0.05) is 36.4 Å². The molecule has 1 heterocycles. The van der Waals surface area contributed by atoms with Crippen LogP contribution in [0, 0.1) is 0 Å². The molecule has 1 atom stereocenters. The maximum absolute atomic E-state index is 13.1. The van der Waals surface area contributed by atoms with Crippen molar-refractivity contribution in [1.29, 1.82) is 0 Å². The molecule has 0 fully saturated rings. The highest BCUT2D eigenvalue weighted by molar-refractivity contribution is 5.95. The van der Waals surface area contributed by atoms with Crippen LogP contribution < -0.4 is 14.8 Å². The number of para-hydroxylation sites is 1. The lowest BCUT2D eigenvalue weighted by atomic mass is 9.94. The van der Waals surface area contributed by atoms with Crippen LogP contribution in [0.4, 0.5) is 18.0 Å². The van der Waals surface area contributed by atoms with Gasteiger partial charge in [0.15, 0.2) is 0 Å². The Balaban J connectivity index is 1.70. The van der Waals surface area contributed by atoms with Crippen molar-refractivity contribution in [3.05, 3.63) is 101 Å². The van der Waals surface area contributed by atoms with E-state index in [1.54, 1.807) is 43.3 Å². The summed E-state index contributed by atoms with van der Waals surface area (Å²) < 4.78 is 56.2. The molecule has 0 aromatic heterocycles. The molecule has 1 N–H and O–H groups in total. The van der Waals surface area contributed by atoms with Gasteiger partial charge in [-0.25, -0.2) is 9.59 Å². The number of carbonyl (C=O) groups is 2. The van der Waals surface area contributed by atoms with Gasteiger partial charge in [-0.15, -0.1) is 0 Å². The number of benzene rings is 3. The highest BCUT2D eigenvalue weighted by atomic mass is 19.4. The number of carbonyl (C=O) groups excluding carboxylic acids is 2. The second-order valence-electron chi connectivity index (χ2n) is 8.32. The van der Waals surface area contributed by atoms with Crippen LogP contribution in [-0.4, -0.2) is 37.2 Å². The molecule has 0 radical (unpaired) electrons. The van der Waals surface area contributed by atoms with E-state index >= 15 is 0 Å². The number of nitrogens with one attached hydrogen (secondary N) is 1. The Bertz CT molecular complexity index is 1340. The normalized spacial score (nSPS) is 15.7. The van der Waals surface area contributed by atoms with Gasteiger partial charge in [-0.2, -0.15) is 13.2 Å². The predicted molar refractivity (Wildman–Crippen MR) is 133 cm³/mol. The van der Waals surface area contributed by atoms with Crippen LogP contribution in [0.2, 0.25) is 0 Å². The van der Waals surface area contributed by atoms with Crippen molar-refractivity contribution in [1.82, 2.24) is 10.2 Å². The minimum Gasteiger partial charge on any atom is -0.487 e. The van der Waals surface area contributed by atoms with E-state index in [9.17, 15) is 22.8 Å². The molecule has 2 amide bonds. The van der Waals surface area contributed by atoms with E-state index in [1.165, 1.54) is 24.1 Å². The summed E-state index contributed by atoms with van der Waals surface area (Å²) in [5.74, 6) is 0.325. The highest BCUT2D eigenvalue weighted by Crippen LogP contribution is 2.35. The van der Waals surface area contributed by atoms with Crippen molar-refractivity contribution in [3.8, 4) is 17.2 Å². The molecule has 198 valence electrons. The van der Waals surface area contributed by atoms with Gasteiger partial charge in [-0.05, 0) is 55.0 Å². The zero-order valence-electron chi connectivity index (χ0n) is 20.6. The van der Waals surface area contributed by atoms with E-state index in [1.807, 2.05) is 18.2 Å². The average Bonchev–Trinajstić information content (AvgIpc) is 2.89. The second-order valence-corrected chi connectivity index (χ2v) is 8.32. The topological polar surface area (TPSA) is 77.1 Å². The average molecular weight is 527 g/mol. The number of ether oxygens (including phenoxy) is 3. The zero-order chi connectivity index (χ0) is 27.3. The number of rotatable bonds is 8. The Hall–Kier alpha value is -4.47. The first kappa shape index (κ1) is 26.6. The molecule has 1 aliphatic heterocycles. The van der Waals surface area contributed by atoms with Crippen molar-refractivity contribution in [2.45, 2.75) is 19.1 Å². The number of alkyl halides is 3. The molecule has 0 unspecified atom stereocenters. The first-order valence-electron chi connectivity index (χ1n) is 11.7. The minimum absolute atomic E-state index is 0.0651. The van der Waals surface area contributed by atoms with Crippen molar-refractivity contribution in [2.75, 3.05) is 20.3 Å². The largest absolute Gasteiger partial charge is 0.487 e. The van der Waals surface area contributed by atoms with Crippen molar-refractivity contribution < 1.29 is 37.0 Å². The summed E-state index contributed by atoms with van der Waals surface area (Å²) in [6.45, 7) is 1.37. The Labute approximate surface area is 217 Å². The van der Waals surface area contributed by atoms with Gasteiger partial charge < -0.3 is 19.5 Å². The molecule has 3 aromatic carbocycles. The minimum atomic E-state index is -4.55. The Kier molecular flexibility index (Phi) is 7.90. The standard InChI is InChI=1S/C28H25F3N2O5/c1-3-36-26(34)24-23(17-37-21-13-8-10-19(16-21)28(29,30)31)33(2)27(35)32-25(24)18-9-7-14-22(15-18)38-20-11-5-4-6-12-20/h4-16,25H,3,17H2,1-2H3,(H,32,35)/t25-/m1/s1.